The van der Waals surface area contributed by atoms with Gasteiger partial charge in [-0.15, -0.1) is 0 Å². The molecule has 1 saturated carbocycles. The van der Waals surface area contributed by atoms with Gasteiger partial charge in [-0.2, -0.15) is 0 Å². The van der Waals surface area contributed by atoms with Crippen LogP contribution < -0.4 is 10.2 Å². The van der Waals surface area contributed by atoms with Crippen LogP contribution in [0.1, 0.15) is 25.7 Å². The molecule has 0 unspecified atom stereocenters. The number of rotatable bonds is 5. The summed E-state index contributed by atoms with van der Waals surface area (Å²) in [5.41, 5.74) is 0. The van der Waals surface area contributed by atoms with E-state index in [0.717, 1.165) is 45.3 Å². The van der Waals surface area contributed by atoms with Crippen LogP contribution in [0, 0.1) is 16.0 Å². The minimum absolute atomic E-state index is 0.00617. The molecule has 1 N–H and O–H groups in total. The van der Waals surface area contributed by atoms with Crippen LogP contribution in [-0.2, 0) is 7.05 Å². The topological polar surface area (TPSA) is 76.2 Å². The van der Waals surface area contributed by atoms with E-state index in [1.165, 1.54) is 0 Å². The van der Waals surface area contributed by atoms with Crippen LogP contribution in [0.5, 0.6) is 0 Å². The van der Waals surface area contributed by atoms with Crippen molar-refractivity contribution in [3.05, 3.63) is 16.4 Å². The summed E-state index contributed by atoms with van der Waals surface area (Å²) < 4.78 is 1.79. The molecule has 0 amide bonds. The van der Waals surface area contributed by atoms with Gasteiger partial charge in [0, 0.05) is 19.6 Å². The Kier molecular flexibility index (Phi) is 3.60. The highest BCUT2D eigenvalue weighted by Gasteiger charge is 2.37. The molecule has 0 radical (unpaired) electrons. The molecule has 1 aromatic rings. The fourth-order valence-electron chi connectivity index (χ4n) is 3.01. The van der Waals surface area contributed by atoms with Crippen molar-refractivity contribution in [2.24, 2.45) is 13.0 Å². The van der Waals surface area contributed by atoms with Crippen LogP contribution in [0.3, 0.4) is 0 Å². The van der Waals surface area contributed by atoms with Gasteiger partial charge >= 0.3 is 5.82 Å². The van der Waals surface area contributed by atoms with Crippen molar-refractivity contribution in [1.82, 2.24) is 14.9 Å². The van der Waals surface area contributed by atoms with Crippen LogP contribution >= 0.6 is 0 Å². The van der Waals surface area contributed by atoms with Crippen LogP contribution in [0.2, 0.25) is 0 Å². The number of aryl methyl sites for hydroxylation is 1. The molecule has 0 atom stereocenters. The van der Waals surface area contributed by atoms with E-state index < -0.39 is 0 Å². The zero-order valence-electron chi connectivity index (χ0n) is 11.8. The molecule has 1 aliphatic heterocycles. The van der Waals surface area contributed by atoms with E-state index in [9.17, 15) is 10.1 Å². The predicted octanol–water partition coefficient (Wildman–Crippen LogP) is 1.30. The SMILES string of the molecule is Cn1cnc([N+](=O)[O-])c1N(CC1CCNCC1)C1CC1. The minimum atomic E-state index is -0.368. The van der Waals surface area contributed by atoms with Crippen molar-refractivity contribution >= 4 is 11.6 Å². The molecule has 2 aliphatic rings. The molecule has 20 heavy (non-hydrogen) atoms. The van der Waals surface area contributed by atoms with E-state index in [2.05, 4.69) is 15.2 Å². The maximum atomic E-state index is 11.2. The first kappa shape index (κ1) is 13.4. The van der Waals surface area contributed by atoms with E-state index in [0.29, 0.717) is 17.8 Å². The normalized spacial score (nSPS) is 20.1. The Morgan fingerprint density at radius 2 is 2.15 bits per heavy atom. The predicted molar refractivity (Wildman–Crippen MR) is 75.8 cm³/mol. The Bertz CT molecular complexity index is 491. The van der Waals surface area contributed by atoms with E-state index in [-0.39, 0.29) is 10.7 Å². The molecular weight excluding hydrogens is 258 g/mol. The lowest BCUT2D eigenvalue weighted by Crippen LogP contribution is -2.38. The molecule has 1 saturated heterocycles. The molecule has 2 fully saturated rings. The fourth-order valence-corrected chi connectivity index (χ4v) is 3.01. The first-order valence-corrected chi connectivity index (χ1v) is 7.30. The smallest absolute Gasteiger partial charge is 0.358 e. The number of nitrogens with zero attached hydrogens (tertiary/aromatic N) is 4. The third kappa shape index (κ3) is 2.63. The van der Waals surface area contributed by atoms with E-state index in [1.54, 1.807) is 10.9 Å². The van der Waals surface area contributed by atoms with Gasteiger partial charge in [0.05, 0.1) is 0 Å². The highest BCUT2D eigenvalue weighted by Crippen LogP contribution is 2.37. The Hall–Kier alpha value is -1.63. The summed E-state index contributed by atoms with van der Waals surface area (Å²) in [4.78, 5) is 17.0. The molecule has 0 spiro atoms. The lowest BCUT2D eigenvalue weighted by molar-refractivity contribution is -0.388. The summed E-state index contributed by atoms with van der Waals surface area (Å²) in [6, 6.07) is 0.457. The first-order chi connectivity index (χ1) is 9.66. The third-order valence-electron chi connectivity index (χ3n) is 4.23. The first-order valence-electron chi connectivity index (χ1n) is 7.30. The number of nitrogens with one attached hydrogen (secondary N) is 1. The zero-order chi connectivity index (χ0) is 14.1. The van der Waals surface area contributed by atoms with Gasteiger partial charge in [0.1, 0.15) is 0 Å². The number of hydrogen-bond acceptors (Lipinski definition) is 5. The second kappa shape index (κ2) is 5.40. The molecule has 0 bridgehead atoms. The second-order valence-corrected chi connectivity index (χ2v) is 5.84. The number of anilines is 1. The maximum Gasteiger partial charge on any atom is 0.406 e. The quantitative estimate of drug-likeness (QED) is 0.649. The highest BCUT2D eigenvalue weighted by molar-refractivity contribution is 5.56. The zero-order valence-corrected chi connectivity index (χ0v) is 11.8. The Balaban J connectivity index is 1.83. The van der Waals surface area contributed by atoms with Gasteiger partial charge in [0.2, 0.25) is 12.1 Å². The number of imidazole rings is 1. The van der Waals surface area contributed by atoms with Crippen molar-refractivity contribution in [1.29, 1.82) is 0 Å². The molecule has 1 aliphatic carbocycles. The lowest BCUT2D eigenvalue weighted by Gasteiger charge is -2.31. The van der Waals surface area contributed by atoms with Crippen molar-refractivity contribution < 1.29 is 4.92 Å². The van der Waals surface area contributed by atoms with Gasteiger partial charge < -0.3 is 20.3 Å². The summed E-state index contributed by atoms with van der Waals surface area (Å²) >= 11 is 0. The van der Waals surface area contributed by atoms with Crippen LogP contribution in [-0.4, -0.2) is 40.2 Å². The van der Waals surface area contributed by atoms with Crippen molar-refractivity contribution in [2.75, 3.05) is 24.5 Å². The van der Waals surface area contributed by atoms with E-state index >= 15 is 0 Å². The third-order valence-corrected chi connectivity index (χ3v) is 4.23. The summed E-state index contributed by atoms with van der Waals surface area (Å²) in [7, 11) is 1.84. The van der Waals surface area contributed by atoms with Crippen LogP contribution in [0.25, 0.3) is 0 Å². The number of nitro groups is 1. The fraction of sp³-hybridized carbons (Fsp3) is 0.769. The van der Waals surface area contributed by atoms with Crippen LogP contribution in [0.4, 0.5) is 11.6 Å². The summed E-state index contributed by atoms with van der Waals surface area (Å²) in [5.74, 6) is 1.29. The average Bonchev–Trinajstić information content (AvgIpc) is 3.20. The highest BCUT2D eigenvalue weighted by atomic mass is 16.6. The summed E-state index contributed by atoms with van der Waals surface area (Å²) in [6.45, 7) is 3.01. The maximum absolute atomic E-state index is 11.2. The van der Waals surface area contributed by atoms with E-state index in [1.807, 2.05) is 7.05 Å². The van der Waals surface area contributed by atoms with Crippen molar-refractivity contribution in [3.63, 3.8) is 0 Å². The average molecular weight is 279 g/mol. The summed E-state index contributed by atoms with van der Waals surface area (Å²) in [5, 5.41) is 14.5. The van der Waals surface area contributed by atoms with Gasteiger partial charge in [-0.05, 0) is 54.6 Å². The van der Waals surface area contributed by atoms with Crippen LogP contribution in [0.15, 0.2) is 6.33 Å². The Labute approximate surface area is 118 Å². The van der Waals surface area contributed by atoms with Gasteiger partial charge in [-0.3, -0.25) is 4.57 Å². The number of hydrogen-bond donors (Lipinski definition) is 1. The molecule has 3 rings (SSSR count). The van der Waals surface area contributed by atoms with Crippen molar-refractivity contribution in [2.45, 2.75) is 31.7 Å². The number of aromatic nitrogens is 2. The van der Waals surface area contributed by atoms with Crippen molar-refractivity contribution in [3.8, 4) is 0 Å². The van der Waals surface area contributed by atoms with Gasteiger partial charge in [-0.25, -0.2) is 0 Å². The van der Waals surface area contributed by atoms with Gasteiger partial charge in [-0.1, -0.05) is 0 Å². The lowest BCUT2D eigenvalue weighted by atomic mass is 9.97. The monoisotopic (exact) mass is 279 g/mol. The molecule has 7 nitrogen and oxygen atoms in total. The molecular formula is C13H21N5O2. The Morgan fingerprint density at radius 1 is 1.45 bits per heavy atom. The molecule has 110 valence electrons. The molecule has 2 heterocycles. The largest absolute Gasteiger partial charge is 0.406 e. The summed E-state index contributed by atoms with van der Waals surface area (Å²) in [6.07, 6.45) is 6.11. The van der Waals surface area contributed by atoms with Gasteiger partial charge in [0.15, 0.2) is 0 Å². The van der Waals surface area contributed by atoms with Gasteiger partial charge in [0.25, 0.3) is 0 Å². The molecule has 1 aromatic heterocycles. The number of piperidine rings is 1. The minimum Gasteiger partial charge on any atom is -0.358 e. The second-order valence-electron chi connectivity index (χ2n) is 5.84. The molecule has 0 aromatic carbocycles. The molecule has 7 heteroatoms. The standard InChI is InChI=1S/C13H21N5O2/c1-16-9-15-12(18(19)20)13(16)17(11-2-3-11)8-10-4-6-14-7-5-10/h9-11,14H,2-8H2,1H3. The van der Waals surface area contributed by atoms with E-state index in [4.69, 9.17) is 0 Å². The Morgan fingerprint density at radius 3 is 2.75 bits per heavy atom.